The summed E-state index contributed by atoms with van der Waals surface area (Å²) in [5.41, 5.74) is -0.423. The van der Waals surface area contributed by atoms with Crippen LogP contribution in [0.2, 0.25) is 0 Å². The third-order valence-corrected chi connectivity index (χ3v) is 3.83. The predicted molar refractivity (Wildman–Crippen MR) is 81.6 cm³/mol. The number of carbonyl (C=O) groups is 1. The fraction of sp³-hybridized carbons (Fsp3) is 0.467. The van der Waals surface area contributed by atoms with Gasteiger partial charge in [0.05, 0.1) is 6.54 Å². The molecule has 122 valence electrons. The maximum Gasteiger partial charge on any atom is 0.337 e. The monoisotopic (exact) mass is 319 g/mol. The molecule has 1 aliphatic rings. The van der Waals surface area contributed by atoms with E-state index >= 15 is 0 Å². The molecule has 1 amide bonds. The number of nitrogens with zero attached hydrogens (tertiary/aromatic N) is 2. The van der Waals surface area contributed by atoms with Gasteiger partial charge in [-0.25, -0.2) is 4.79 Å². The van der Waals surface area contributed by atoms with Crippen LogP contribution in [0.25, 0.3) is 11.1 Å². The highest BCUT2D eigenvalue weighted by Crippen LogP contribution is 2.14. The zero-order chi connectivity index (χ0) is 16.4. The molecule has 2 aromatic heterocycles. The minimum Gasteiger partial charge on any atom is -0.463 e. The van der Waals surface area contributed by atoms with Gasteiger partial charge in [-0.3, -0.25) is 14.6 Å². The van der Waals surface area contributed by atoms with Gasteiger partial charge in [-0.15, -0.1) is 0 Å². The molecule has 0 unspecified atom stereocenters. The van der Waals surface area contributed by atoms with Crippen molar-refractivity contribution in [2.45, 2.75) is 26.2 Å². The summed E-state index contributed by atoms with van der Waals surface area (Å²) < 4.78 is 10.4. The number of carbonyl (C=O) groups excluding carboxylic acids is 1. The van der Waals surface area contributed by atoms with E-state index in [4.69, 9.17) is 9.15 Å². The van der Waals surface area contributed by atoms with Crippen LogP contribution < -0.4 is 15.9 Å². The first-order valence-corrected chi connectivity index (χ1v) is 7.56. The number of ether oxygens (including phenoxy) is 1. The van der Waals surface area contributed by atoms with Gasteiger partial charge in [0.15, 0.2) is 0 Å². The molecule has 0 radical (unpaired) electrons. The number of H-pyrrole nitrogens is 1. The summed E-state index contributed by atoms with van der Waals surface area (Å²) >= 11 is 0. The zero-order valence-electron chi connectivity index (χ0n) is 12.8. The lowest BCUT2D eigenvalue weighted by molar-refractivity contribution is -0.128. The number of aromatic nitrogens is 2. The topological polar surface area (TPSA) is 106 Å². The molecule has 1 aliphatic heterocycles. The Kier molecular flexibility index (Phi) is 4.14. The van der Waals surface area contributed by atoms with Gasteiger partial charge in [0.2, 0.25) is 11.6 Å². The molecular formula is C15H17N3O5. The summed E-state index contributed by atoms with van der Waals surface area (Å²) in [7, 11) is 0. The molecule has 8 nitrogen and oxygen atoms in total. The number of aryl methyl sites for hydroxylation is 1. The fourth-order valence-electron chi connectivity index (χ4n) is 2.67. The van der Waals surface area contributed by atoms with Gasteiger partial charge in [0.1, 0.15) is 12.0 Å². The van der Waals surface area contributed by atoms with Gasteiger partial charge < -0.3 is 14.1 Å². The second kappa shape index (κ2) is 6.23. The minimum atomic E-state index is -0.555. The summed E-state index contributed by atoms with van der Waals surface area (Å²) in [5.74, 6) is 0.104. The first kappa shape index (κ1) is 15.3. The highest BCUT2D eigenvalue weighted by atomic mass is 16.5. The van der Waals surface area contributed by atoms with Gasteiger partial charge in [-0.2, -0.15) is 4.98 Å². The number of nitrogens with one attached hydrogen (secondary N) is 1. The summed E-state index contributed by atoms with van der Waals surface area (Å²) in [6.07, 6.45) is 1.94. The van der Waals surface area contributed by atoms with Crippen LogP contribution in [-0.4, -0.2) is 40.5 Å². The van der Waals surface area contributed by atoms with E-state index in [1.54, 1.807) is 4.90 Å². The molecule has 1 N–H and O–H groups in total. The molecule has 0 bridgehead atoms. The molecule has 23 heavy (non-hydrogen) atoms. The number of likely N-dealkylation sites (tertiary alicyclic amines) is 1. The molecule has 0 aliphatic carbocycles. The van der Waals surface area contributed by atoms with E-state index in [0.717, 1.165) is 13.0 Å². The van der Waals surface area contributed by atoms with Gasteiger partial charge in [0, 0.05) is 19.0 Å². The smallest absolute Gasteiger partial charge is 0.337 e. The van der Waals surface area contributed by atoms with E-state index in [9.17, 15) is 14.4 Å². The number of hydrogen-bond donors (Lipinski definition) is 1. The molecule has 1 saturated heterocycles. The van der Waals surface area contributed by atoms with E-state index in [-0.39, 0.29) is 29.6 Å². The Hall–Kier alpha value is -2.64. The fourth-order valence-corrected chi connectivity index (χ4v) is 2.67. The number of rotatable bonds is 5. The Labute approximate surface area is 131 Å². The van der Waals surface area contributed by atoms with Crippen LogP contribution in [0, 0.1) is 0 Å². The van der Waals surface area contributed by atoms with E-state index in [1.807, 2.05) is 6.92 Å². The van der Waals surface area contributed by atoms with E-state index < -0.39 is 11.2 Å². The van der Waals surface area contributed by atoms with E-state index in [1.165, 1.54) is 6.07 Å². The average Bonchev–Trinajstić information content (AvgIpc) is 2.91. The van der Waals surface area contributed by atoms with Crippen LogP contribution in [0.3, 0.4) is 0 Å². The number of aromatic amines is 1. The largest absolute Gasteiger partial charge is 0.463 e. The van der Waals surface area contributed by atoms with Crippen LogP contribution >= 0.6 is 0 Å². The molecular weight excluding hydrogens is 302 g/mol. The van der Waals surface area contributed by atoms with E-state index in [0.29, 0.717) is 24.9 Å². The van der Waals surface area contributed by atoms with Crippen molar-refractivity contribution in [3.63, 3.8) is 0 Å². The van der Waals surface area contributed by atoms with Crippen molar-refractivity contribution in [1.29, 1.82) is 0 Å². The summed E-state index contributed by atoms with van der Waals surface area (Å²) in [4.78, 5) is 43.4. The zero-order valence-corrected chi connectivity index (χ0v) is 12.8. The average molecular weight is 319 g/mol. The lowest BCUT2D eigenvalue weighted by Gasteiger charge is -2.15. The first-order chi connectivity index (χ1) is 11.1. The second-order valence-electron chi connectivity index (χ2n) is 5.33. The van der Waals surface area contributed by atoms with Crippen LogP contribution in [-0.2, 0) is 11.2 Å². The maximum atomic E-state index is 12.2. The van der Waals surface area contributed by atoms with Crippen molar-refractivity contribution < 1.29 is 13.9 Å². The van der Waals surface area contributed by atoms with Gasteiger partial charge in [-0.05, 0) is 18.4 Å². The second-order valence-corrected chi connectivity index (χ2v) is 5.33. The lowest BCUT2D eigenvalue weighted by atomic mass is 10.1. The molecule has 3 rings (SSSR count). The Morgan fingerprint density at radius 1 is 1.39 bits per heavy atom. The normalized spacial score (nSPS) is 14.7. The SMILES string of the molecule is CCc1cc(=O)oc2nc(OCCN3CCCC3=O)[nH]c(=O)c12. The Morgan fingerprint density at radius 3 is 2.91 bits per heavy atom. The highest BCUT2D eigenvalue weighted by molar-refractivity contribution is 5.78. The molecule has 0 saturated carbocycles. The molecule has 2 aromatic rings. The predicted octanol–water partition coefficient (Wildman–Crippen LogP) is 0.440. The molecule has 1 fully saturated rings. The van der Waals surface area contributed by atoms with Crippen LogP contribution in [0.4, 0.5) is 0 Å². The number of fused-ring (bicyclic) bond motifs is 1. The molecule has 0 spiro atoms. The van der Waals surface area contributed by atoms with Gasteiger partial charge in [0.25, 0.3) is 11.6 Å². The third-order valence-electron chi connectivity index (χ3n) is 3.83. The van der Waals surface area contributed by atoms with Crippen molar-refractivity contribution in [2.24, 2.45) is 0 Å². The minimum absolute atomic E-state index is 0.0226. The van der Waals surface area contributed by atoms with E-state index in [2.05, 4.69) is 9.97 Å². The van der Waals surface area contributed by atoms with Crippen molar-refractivity contribution in [3.05, 3.63) is 32.4 Å². The van der Waals surface area contributed by atoms with Crippen LogP contribution in [0.5, 0.6) is 6.01 Å². The lowest BCUT2D eigenvalue weighted by Crippen LogP contribution is -2.29. The van der Waals surface area contributed by atoms with Crippen molar-refractivity contribution >= 4 is 17.0 Å². The Balaban J connectivity index is 1.81. The summed E-state index contributed by atoms with van der Waals surface area (Å²) in [5, 5.41) is 0.258. The first-order valence-electron chi connectivity index (χ1n) is 7.56. The van der Waals surface area contributed by atoms with Crippen molar-refractivity contribution in [1.82, 2.24) is 14.9 Å². The summed E-state index contributed by atoms with van der Waals surface area (Å²) in [6.45, 7) is 3.20. The molecule has 8 heteroatoms. The van der Waals surface area contributed by atoms with Crippen molar-refractivity contribution in [2.75, 3.05) is 19.7 Å². The number of hydrogen-bond acceptors (Lipinski definition) is 6. The summed E-state index contributed by atoms with van der Waals surface area (Å²) in [6, 6.07) is 1.27. The standard InChI is InChI=1S/C15H17N3O5/c1-2-9-8-11(20)23-14-12(9)13(21)16-15(17-14)22-7-6-18-5-3-4-10(18)19/h8H,2-7H2,1H3,(H,16,17,21). The Morgan fingerprint density at radius 2 is 2.22 bits per heavy atom. The third kappa shape index (κ3) is 3.10. The van der Waals surface area contributed by atoms with Gasteiger partial charge >= 0.3 is 5.63 Å². The molecule has 0 atom stereocenters. The van der Waals surface area contributed by atoms with Crippen LogP contribution in [0.15, 0.2) is 20.1 Å². The van der Waals surface area contributed by atoms with Crippen LogP contribution in [0.1, 0.15) is 25.3 Å². The quantitative estimate of drug-likeness (QED) is 0.857. The molecule has 0 aromatic carbocycles. The maximum absolute atomic E-state index is 12.2. The van der Waals surface area contributed by atoms with Crippen molar-refractivity contribution in [3.8, 4) is 6.01 Å². The van der Waals surface area contributed by atoms with Gasteiger partial charge in [-0.1, -0.05) is 6.92 Å². The molecule has 3 heterocycles. The number of amides is 1. The highest BCUT2D eigenvalue weighted by Gasteiger charge is 2.19. The Bertz CT molecular complexity index is 854.